The van der Waals surface area contributed by atoms with Crippen LogP contribution >= 0.6 is 11.3 Å². The summed E-state index contributed by atoms with van der Waals surface area (Å²) in [6.45, 7) is 6.99. The van der Waals surface area contributed by atoms with E-state index in [-0.39, 0.29) is 5.91 Å². The van der Waals surface area contributed by atoms with Crippen LogP contribution in [0.2, 0.25) is 0 Å². The molecular weight excluding hydrogens is 340 g/mol. The molecule has 0 saturated carbocycles. The van der Waals surface area contributed by atoms with Crippen LogP contribution in [0.4, 0.5) is 0 Å². The Bertz CT molecular complexity index is 687. The van der Waals surface area contributed by atoms with Gasteiger partial charge in [-0.25, -0.2) is 5.43 Å². The number of nitrogens with zero attached hydrogens (tertiary/aromatic N) is 1. The Kier molecular flexibility index (Phi) is 7.28. The van der Waals surface area contributed by atoms with Crippen molar-refractivity contribution in [1.82, 2.24) is 5.43 Å². The Morgan fingerprint density at radius 2 is 1.76 bits per heavy atom. The van der Waals surface area contributed by atoms with Crippen molar-refractivity contribution in [3.05, 3.63) is 40.1 Å². The normalized spacial score (nSPS) is 10.7. The maximum Gasteiger partial charge on any atom is 0.271 e. The molecule has 0 spiro atoms. The molecule has 0 aliphatic rings. The zero-order valence-corrected chi connectivity index (χ0v) is 15.4. The largest absolute Gasteiger partial charge is 0.490 e. The van der Waals surface area contributed by atoms with Gasteiger partial charge in [-0.15, -0.1) is 0 Å². The van der Waals surface area contributed by atoms with Gasteiger partial charge in [-0.05, 0) is 49.7 Å². The van der Waals surface area contributed by atoms with Crippen molar-refractivity contribution in [2.24, 2.45) is 5.10 Å². The first-order valence-electron chi connectivity index (χ1n) is 8.11. The lowest BCUT2D eigenvalue weighted by molar-refractivity contribution is 0.0954. The molecule has 1 N–H and O–H groups in total. The van der Waals surface area contributed by atoms with Crippen LogP contribution in [0.1, 0.15) is 36.7 Å². The minimum atomic E-state index is -0.351. The van der Waals surface area contributed by atoms with Crippen molar-refractivity contribution in [2.75, 3.05) is 19.8 Å². The molecule has 2 rings (SSSR count). The van der Waals surface area contributed by atoms with Gasteiger partial charge in [0.05, 0.1) is 26.0 Å². The van der Waals surface area contributed by atoms with Crippen molar-refractivity contribution in [1.29, 1.82) is 0 Å². The summed E-state index contributed by atoms with van der Waals surface area (Å²) in [5.74, 6) is 1.10. The van der Waals surface area contributed by atoms with Crippen LogP contribution in [0.15, 0.2) is 34.1 Å². The molecule has 1 amide bonds. The van der Waals surface area contributed by atoms with Crippen molar-refractivity contribution < 1.29 is 19.0 Å². The molecule has 2 aromatic rings. The van der Waals surface area contributed by atoms with E-state index in [4.69, 9.17) is 14.2 Å². The number of rotatable bonds is 9. The summed E-state index contributed by atoms with van der Waals surface area (Å²) < 4.78 is 16.8. The fourth-order valence-corrected chi connectivity index (χ4v) is 2.71. The highest BCUT2D eigenvalue weighted by molar-refractivity contribution is 7.08. The number of amides is 1. The molecule has 0 aliphatic carbocycles. The van der Waals surface area contributed by atoms with Crippen LogP contribution in [0, 0.1) is 0 Å². The quantitative estimate of drug-likeness (QED) is 0.545. The van der Waals surface area contributed by atoms with E-state index in [1.54, 1.807) is 29.7 Å². The second-order valence-corrected chi connectivity index (χ2v) is 5.64. The van der Waals surface area contributed by atoms with Gasteiger partial charge >= 0.3 is 0 Å². The predicted octanol–water partition coefficient (Wildman–Crippen LogP) is 3.71. The fourth-order valence-electron chi connectivity index (χ4n) is 2.10. The van der Waals surface area contributed by atoms with Gasteiger partial charge in [-0.1, -0.05) is 0 Å². The number of hydrazone groups is 1. The van der Waals surface area contributed by atoms with Crippen molar-refractivity contribution >= 4 is 23.5 Å². The van der Waals surface area contributed by atoms with E-state index in [9.17, 15) is 4.79 Å². The number of hydrogen-bond donors (Lipinski definition) is 1. The van der Waals surface area contributed by atoms with Crippen LogP contribution < -0.4 is 19.6 Å². The molecule has 7 heteroatoms. The Morgan fingerprint density at radius 1 is 1.12 bits per heavy atom. The molecule has 6 nitrogen and oxygen atoms in total. The monoisotopic (exact) mass is 362 g/mol. The van der Waals surface area contributed by atoms with Gasteiger partial charge < -0.3 is 14.2 Å². The standard InChI is InChI=1S/C18H22N2O4S/c1-4-22-15-9-14(10-16(23-5-2)17(15)24-6-3)18(21)20-19-11-13-7-8-25-12-13/h7-12H,4-6H2,1-3H3,(H,20,21)/b19-11-. The smallest absolute Gasteiger partial charge is 0.271 e. The van der Waals surface area contributed by atoms with E-state index in [0.29, 0.717) is 42.6 Å². The van der Waals surface area contributed by atoms with E-state index in [0.717, 1.165) is 5.56 Å². The Hall–Kier alpha value is -2.54. The Labute approximate surface area is 151 Å². The molecule has 134 valence electrons. The minimum Gasteiger partial charge on any atom is -0.490 e. The summed E-state index contributed by atoms with van der Waals surface area (Å²) in [7, 11) is 0. The second kappa shape index (κ2) is 9.68. The lowest BCUT2D eigenvalue weighted by Gasteiger charge is -2.16. The summed E-state index contributed by atoms with van der Waals surface area (Å²) in [5.41, 5.74) is 3.83. The lowest BCUT2D eigenvalue weighted by atomic mass is 10.1. The van der Waals surface area contributed by atoms with Crippen molar-refractivity contribution in [3.63, 3.8) is 0 Å². The average Bonchev–Trinajstić information content (AvgIpc) is 3.11. The highest BCUT2D eigenvalue weighted by Gasteiger charge is 2.18. The SMILES string of the molecule is CCOc1cc(C(=O)N/N=C\c2ccsc2)cc(OCC)c1OCC. The molecule has 0 unspecified atom stereocenters. The van der Waals surface area contributed by atoms with Crippen molar-refractivity contribution in [2.45, 2.75) is 20.8 Å². The summed E-state index contributed by atoms with van der Waals surface area (Å²) in [6, 6.07) is 5.18. The highest BCUT2D eigenvalue weighted by Crippen LogP contribution is 2.39. The second-order valence-electron chi connectivity index (χ2n) is 4.86. The zero-order valence-electron chi connectivity index (χ0n) is 14.6. The molecule has 0 aliphatic heterocycles. The summed E-state index contributed by atoms with van der Waals surface area (Å²) >= 11 is 1.56. The number of hydrogen-bond acceptors (Lipinski definition) is 6. The maximum atomic E-state index is 12.4. The van der Waals surface area contributed by atoms with Gasteiger partial charge in [0.15, 0.2) is 11.5 Å². The molecule has 0 atom stereocenters. The summed E-state index contributed by atoms with van der Waals surface area (Å²) in [4.78, 5) is 12.4. The van der Waals surface area contributed by atoms with Crippen LogP contribution in [0.5, 0.6) is 17.2 Å². The number of thiophene rings is 1. The van der Waals surface area contributed by atoms with Gasteiger partial charge in [0.1, 0.15) is 0 Å². The number of nitrogens with one attached hydrogen (secondary N) is 1. The first kappa shape index (κ1) is 18.8. The number of ether oxygens (including phenoxy) is 3. The first-order chi connectivity index (χ1) is 12.2. The number of benzene rings is 1. The molecule has 0 fully saturated rings. The maximum absolute atomic E-state index is 12.4. The van der Waals surface area contributed by atoms with Crippen LogP contribution in [0.3, 0.4) is 0 Å². The minimum absolute atomic E-state index is 0.351. The van der Waals surface area contributed by atoms with E-state index in [2.05, 4.69) is 10.5 Å². The zero-order chi connectivity index (χ0) is 18.1. The fraction of sp³-hybridized carbons (Fsp3) is 0.333. The van der Waals surface area contributed by atoms with Crippen molar-refractivity contribution in [3.8, 4) is 17.2 Å². The first-order valence-corrected chi connectivity index (χ1v) is 9.05. The molecule has 0 bridgehead atoms. The Balaban J connectivity index is 2.24. The van der Waals surface area contributed by atoms with E-state index in [1.807, 2.05) is 37.6 Å². The van der Waals surface area contributed by atoms with Gasteiger partial charge in [-0.3, -0.25) is 4.79 Å². The number of carbonyl (C=O) groups excluding carboxylic acids is 1. The molecule has 1 aromatic heterocycles. The van der Waals surface area contributed by atoms with Crippen LogP contribution in [0.25, 0.3) is 0 Å². The third-order valence-corrected chi connectivity index (χ3v) is 3.80. The number of carbonyl (C=O) groups is 1. The molecular formula is C18H22N2O4S. The van der Waals surface area contributed by atoms with Gasteiger partial charge in [0.25, 0.3) is 5.91 Å². The molecule has 0 radical (unpaired) electrons. The Morgan fingerprint density at radius 3 is 2.28 bits per heavy atom. The topological polar surface area (TPSA) is 69.2 Å². The van der Waals surface area contributed by atoms with Gasteiger partial charge in [0.2, 0.25) is 5.75 Å². The van der Waals surface area contributed by atoms with E-state index < -0.39 is 0 Å². The van der Waals surface area contributed by atoms with Gasteiger partial charge in [0, 0.05) is 11.1 Å². The molecule has 1 aromatic carbocycles. The van der Waals surface area contributed by atoms with Gasteiger partial charge in [-0.2, -0.15) is 16.4 Å². The predicted molar refractivity (Wildman–Crippen MR) is 99.3 cm³/mol. The summed E-state index contributed by atoms with van der Waals surface area (Å²) in [5, 5.41) is 7.85. The third kappa shape index (κ3) is 5.22. The molecule has 0 saturated heterocycles. The van der Waals surface area contributed by atoms with E-state index >= 15 is 0 Å². The average molecular weight is 362 g/mol. The molecule has 25 heavy (non-hydrogen) atoms. The third-order valence-electron chi connectivity index (χ3n) is 3.09. The lowest BCUT2D eigenvalue weighted by Crippen LogP contribution is -2.18. The van der Waals surface area contributed by atoms with Crippen LogP contribution in [-0.4, -0.2) is 31.9 Å². The highest BCUT2D eigenvalue weighted by atomic mass is 32.1. The van der Waals surface area contributed by atoms with E-state index in [1.165, 1.54) is 0 Å². The molecule has 1 heterocycles. The summed E-state index contributed by atoms with van der Waals surface area (Å²) in [6.07, 6.45) is 1.59. The van der Waals surface area contributed by atoms with Crippen LogP contribution in [-0.2, 0) is 0 Å².